The quantitative estimate of drug-likeness (QED) is 0.808. The van der Waals surface area contributed by atoms with Crippen LogP contribution in [0.25, 0.3) is 0 Å². The second-order valence-corrected chi connectivity index (χ2v) is 5.90. The van der Waals surface area contributed by atoms with E-state index in [0.29, 0.717) is 6.07 Å². The highest BCUT2D eigenvalue weighted by atomic mass is 32.2. The summed E-state index contributed by atoms with van der Waals surface area (Å²) in [6.45, 7) is 3.96. The van der Waals surface area contributed by atoms with Gasteiger partial charge in [-0.2, -0.15) is 0 Å². The molecule has 18 heavy (non-hydrogen) atoms. The minimum Gasteiger partial charge on any atom is -0.396 e. The molecule has 102 valence electrons. The highest BCUT2D eigenvalue weighted by Gasteiger charge is 2.21. The molecule has 1 rings (SSSR count). The second kappa shape index (κ2) is 5.62. The molecule has 1 atom stereocenters. The molecule has 4 nitrogen and oxygen atoms in total. The van der Waals surface area contributed by atoms with Crippen LogP contribution in [0.3, 0.4) is 0 Å². The predicted octanol–water partition coefficient (Wildman–Crippen LogP) is 1.87. The number of nitrogens with two attached hydrogens (primary N) is 1. The molecule has 0 aliphatic heterocycles. The average molecular weight is 278 g/mol. The molecule has 0 radical (unpaired) electrons. The van der Waals surface area contributed by atoms with Crippen molar-refractivity contribution < 1.29 is 17.2 Å². The van der Waals surface area contributed by atoms with Crippen molar-refractivity contribution in [2.75, 3.05) is 12.3 Å². The van der Waals surface area contributed by atoms with Gasteiger partial charge >= 0.3 is 0 Å². The molecule has 3 N–H and O–H groups in total. The summed E-state index contributed by atoms with van der Waals surface area (Å²) in [5.74, 6) is -2.01. The SMILES string of the molecule is CCC(C)CNS(=O)(=O)c1cc(N)c(F)cc1F. The first-order valence-corrected chi connectivity index (χ1v) is 7.00. The highest BCUT2D eigenvalue weighted by molar-refractivity contribution is 7.89. The maximum Gasteiger partial charge on any atom is 0.243 e. The monoisotopic (exact) mass is 278 g/mol. The van der Waals surface area contributed by atoms with Crippen molar-refractivity contribution >= 4 is 15.7 Å². The van der Waals surface area contributed by atoms with Gasteiger partial charge in [-0.3, -0.25) is 0 Å². The normalized spacial score (nSPS) is 13.6. The molecule has 0 spiro atoms. The van der Waals surface area contributed by atoms with Crippen molar-refractivity contribution in [3.05, 3.63) is 23.8 Å². The van der Waals surface area contributed by atoms with Gasteiger partial charge in [-0.25, -0.2) is 21.9 Å². The van der Waals surface area contributed by atoms with E-state index in [1.54, 1.807) is 0 Å². The van der Waals surface area contributed by atoms with Gasteiger partial charge in [0.25, 0.3) is 0 Å². The van der Waals surface area contributed by atoms with E-state index in [1.807, 2.05) is 13.8 Å². The molecule has 0 aliphatic carbocycles. The number of anilines is 1. The smallest absolute Gasteiger partial charge is 0.243 e. The lowest BCUT2D eigenvalue weighted by Crippen LogP contribution is -2.29. The van der Waals surface area contributed by atoms with E-state index in [4.69, 9.17) is 5.73 Å². The zero-order chi connectivity index (χ0) is 13.9. The predicted molar refractivity (Wildman–Crippen MR) is 65.4 cm³/mol. The van der Waals surface area contributed by atoms with Crippen LogP contribution in [0.5, 0.6) is 0 Å². The maximum absolute atomic E-state index is 13.4. The molecule has 0 saturated carbocycles. The lowest BCUT2D eigenvalue weighted by atomic mass is 10.1. The van der Waals surface area contributed by atoms with Crippen molar-refractivity contribution in [3.63, 3.8) is 0 Å². The number of sulfonamides is 1. The molecule has 0 fully saturated rings. The van der Waals surface area contributed by atoms with Gasteiger partial charge < -0.3 is 5.73 Å². The zero-order valence-electron chi connectivity index (χ0n) is 10.2. The van der Waals surface area contributed by atoms with Gasteiger partial charge in [0.2, 0.25) is 10.0 Å². The first kappa shape index (κ1) is 14.8. The number of hydrogen-bond acceptors (Lipinski definition) is 3. The van der Waals surface area contributed by atoms with E-state index in [0.717, 1.165) is 12.5 Å². The van der Waals surface area contributed by atoms with Crippen LogP contribution < -0.4 is 10.5 Å². The van der Waals surface area contributed by atoms with Crippen LogP contribution >= 0.6 is 0 Å². The molecule has 1 unspecified atom stereocenters. The first-order valence-electron chi connectivity index (χ1n) is 5.52. The molecular weight excluding hydrogens is 262 g/mol. The lowest BCUT2D eigenvalue weighted by molar-refractivity contribution is 0.518. The first-order chi connectivity index (χ1) is 8.27. The number of nitrogens with one attached hydrogen (secondary N) is 1. The molecule has 0 saturated heterocycles. The van der Waals surface area contributed by atoms with Crippen LogP contribution in [-0.4, -0.2) is 15.0 Å². The van der Waals surface area contributed by atoms with Crippen LogP contribution in [0.2, 0.25) is 0 Å². The summed E-state index contributed by atoms with van der Waals surface area (Å²) in [4.78, 5) is -0.635. The van der Waals surface area contributed by atoms with Gasteiger partial charge in [-0.15, -0.1) is 0 Å². The largest absolute Gasteiger partial charge is 0.396 e. The van der Waals surface area contributed by atoms with Gasteiger partial charge in [0.05, 0.1) is 5.69 Å². The number of halogens is 2. The summed E-state index contributed by atoms with van der Waals surface area (Å²) in [5.41, 5.74) is 4.83. The van der Waals surface area contributed by atoms with Crippen molar-refractivity contribution in [1.29, 1.82) is 0 Å². The van der Waals surface area contributed by atoms with Gasteiger partial charge in [0, 0.05) is 12.6 Å². The summed E-state index contributed by atoms with van der Waals surface area (Å²) in [7, 11) is -4.01. The summed E-state index contributed by atoms with van der Waals surface area (Å²) in [5, 5.41) is 0. The average Bonchev–Trinajstić information content (AvgIpc) is 2.30. The van der Waals surface area contributed by atoms with E-state index in [-0.39, 0.29) is 12.5 Å². The summed E-state index contributed by atoms with van der Waals surface area (Å²) < 4.78 is 52.2. The zero-order valence-corrected chi connectivity index (χ0v) is 11.0. The maximum atomic E-state index is 13.4. The van der Waals surface area contributed by atoms with Gasteiger partial charge in [-0.1, -0.05) is 20.3 Å². The Morgan fingerprint density at radius 3 is 2.50 bits per heavy atom. The Labute approximate surface area is 105 Å². The minimum absolute atomic E-state index is 0.126. The fraction of sp³-hybridized carbons (Fsp3) is 0.455. The van der Waals surface area contributed by atoms with E-state index < -0.39 is 32.2 Å². The van der Waals surface area contributed by atoms with Crippen molar-refractivity contribution in [1.82, 2.24) is 4.72 Å². The lowest BCUT2D eigenvalue weighted by Gasteiger charge is -2.12. The third-order valence-corrected chi connectivity index (χ3v) is 4.10. The topological polar surface area (TPSA) is 72.2 Å². The van der Waals surface area contributed by atoms with Crippen LogP contribution in [0, 0.1) is 17.6 Å². The number of hydrogen-bond donors (Lipinski definition) is 2. The van der Waals surface area contributed by atoms with Gasteiger partial charge in [0.15, 0.2) is 0 Å². The third kappa shape index (κ3) is 3.39. The van der Waals surface area contributed by atoms with Crippen LogP contribution in [0.15, 0.2) is 17.0 Å². The number of benzene rings is 1. The van der Waals surface area contributed by atoms with Crippen LogP contribution in [0.4, 0.5) is 14.5 Å². The summed E-state index contributed by atoms with van der Waals surface area (Å²) >= 11 is 0. The number of rotatable bonds is 5. The second-order valence-electron chi connectivity index (χ2n) is 4.17. The number of nitrogen functional groups attached to an aromatic ring is 1. The molecule has 1 aromatic carbocycles. The molecule has 0 bridgehead atoms. The van der Waals surface area contributed by atoms with Crippen molar-refractivity contribution in [2.24, 2.45) is 5.92 Å². The minimum atomic E-state index is -4.01. The highest BCUT2D eigenvalue weighted by Crippen LogP contribution is 2.20. The van der Waals surface area contributed by atoms with E-state index in [9.17, 15) is 17.2 Å². The van der Waals surface area contributed by atoms with Crippen molar-refractivity contribution in [3.8, 4) is 0 Å². The van der Waals surface area contributed by atoms with Crippen molar-refractivity contribution in [2.45, 2.75) is 25.2 Å². The molecule has 0 aromatic heterocycles. The van der Waals surface area contributed by atoms with Gasteiger partial charge in [-0.05, 0) is 12.0 Å². The third-order valence-electron chi connectivity index (χ3n) is 2.66. The Morgan fingerprint density at radius 1 is 1.33 bits per heavy atom. The fourth-order valence-corrected chi connectivity index (χ4v) is 2.48. The molecule has 0 heterocycles. The molecule has 0 amide bonds. The van der Waals surface area contributed by atoms with Crippen LogP contribution in [-0.2, 0) is 10.0 Å². The molecule has 0 aliphatic rings. The summed E-state index contributed by atoms with van der Waals surface area (Å²) in [6.07, 6.45) is 0.788. The van der Waals surface area contributed by atoms with E-state index in [2.05, 4.69) is 4.72 Å². The Morgan fingerprint density at radius 2 is 1.94 bits per heavy atom. The van der Waals surface area contributed by atoms with Crippen LogP contribution in [0.1, 0.15) is 20.3 Å². The van der Waals surface area contributed by atoms with E-state index in [1.165, 1.54) is 0 Å². The Hall–Kier alpha value is -1.21. The standard InChI is InChI=1S/C11H16F2N2O2S/c1-3-7(2)6-15-18(16,17)11-5-10(14)8(12)4-9(11)13/h4-5,7,15H,3,6,14H2,1-2H3. The van der Waals surface area contributed by atoms with Gasteiger partial charge in [0.1, 0.15) is 16.5 Å². The molecular formula is C11H16F2N2O2S. The Kier molecular flexibility index (Phi) is 4.64. The Balaban J connectivity index is 3.02. The Bertz CT molecular complexity index is 532. The van der Waals surface area contributed by atoms with E-state index >= 15 is 0 Å². The molecule has 1 aromatic rings. The molecule has 7 heteroatoms. The fourth-order valence-electron chi connectivity index (χ4n) is 1.22. The summed E-state index contributed by atoms with van der Waals surface area (Å²) in [6, 6.07) is 1.25.